The number of hydrogen-bond donors (Lipinski definition) is 2. The van der Waals surface area contributed by atoms with Crippen LogP contribution in [0.1, 0.15) is 19.8 Å². The molecule has 0 radical (unpaired) electrons. The topological polar surface area (TPSA) is 38.3 Å². The van der Waals surface area contributed by atoms with Gasteiger partial charge in [0.15, 0.2) is 0 Å². The number of rotatable bonds is 2. The first-order valence-electron chi connectivity index (χ1n) is 4.29. The molecule has 1 aliphatic heterocycles. The van der Waals surface area contributed by atoms with Crippen molar-refractivity contribution in [3.8, 4) is 0 Å². The normalized spacial score (nSPS) is 29.8. The van der Waals surface area contributed by atoms with Crippen molar-refractivity contribution in [3.63, 3.8) is 0 Å². The van der Waals surface area contributed by atoms with Gasteiger partial charge < -0.3 is 10.1 Å². The van der Waals surface area contributed by atoms with Crippen molar-refractivity contribution in [3.05, 3.63) is 0 Å². The Balaban J connectivity index is 2.50. The number of nitrogens with one attached hydrogen (secondary N) is 1. The summed E-state index contributed by atoms with van der Waals surface area (Å²) < 4.78 is 4.34. The highest BCUT2D eigenvalue weighted by molar-refractivity contribution is 7.82. The second-order valence-electron chi connectivity index (χ2n) is 3.03. The van der Waals surface area contributed by atoms with Crippen LogP contribution < -0.4 is 5.32 Å². The zero-order valence-electron chi connectivity index (χ0n) is 7.30. The first-order chi connectivity index (χ1) is 5.69. The molecule has 1 rings (SSSR count). The zero-order chi connectivity index (χ0) is 9.03. The van der Waals surface area contributed by atoms with E-state index in [0.29, 0.717) is 13.2 Å². The summed E-state index contributed by atoms with van der Waals surface area (Å²) in [5.74, 6) is -0.194. The maximum absolute atomic E-state index is 11.4. The number of hydrogen-bond acceptors (Lipinski definition) is 4. The van der Waals surface area contributed by atoms with E-state index in [1.165, 1.54) is 0 Å². The lowest BCUT2D eigenvalue weighted by Gasteiger charge is -2.30. The fourth-order valence-electron chi connectivity index (χ4n) is 1.33. The number of ether oxygens (including phenoxy) is 1. The lowest BCUT2D eigenvalue weighted by atomic mass is 9.99. The summed E-state index contributed by atoms with van der Waals surface area (Å²) in [6, 6.07) is 0. The number of carbonyl (C=O) groups excluding carboxylic acids is 1. The molecule has 0 saturated carbocycles. The molecular formula is C8H15NO2S. The van der Waals surface area contributed by atoms with E-state index in [4.69, 9.17) is 4.74 Å². The van der Waals surface area contributed by atoms with Crippen molar-refractivity contribution in [2.24, 2.45) is 0 Å². The quantitative estimate of drug-likeness (QED) is 0.493. The summed E-state index contributed by atoms with van der Waals surface area (Å²) >= 11 is 4.34. The lowest BCUT2D eigenvalue weighted by molar-refractivity contribution is -0.146. The molecule has 0 aromatic heterocycles. The van der Waals surface area contributed by atoms with Crippen molar-refractivity contribution in [1.29, 1.82) is 0 Å². The minimum atomic E-state index is -0.589. The van der Waals surface area contributed by atoms with Crippen molar-refractivity contribution < 1.29 is 9.53 Å². The smallest absolute Gasteiger partial charge is 0.323 e. The molecule has 12 heavy (non-hydrogen) atoms. The molecule has 0 bridgehead atoms. The average Bonchev–Trinajstić information content (AvgIpc) is 2.06. The van der Waals surface area contributed by atoms with Crippen molar-refractivity contribution in [1.82, 2.24) is 5.32 Å². The highest BCUT2D eigenvalue weighted by Gasteiger charge is 2.37. The van der Waals surface area contributed by atoms with Crippen LogP contribution >= 0.6 is 12.6 Å². The monoisotopic (exact) mass is 189 g/mol. The van der Waals surface area contributed by atoms with E-state index in [2.05, 4.69) is 17.9 Å². The lowest BCUT2D eigenvalue weighted by Crippen LogP contribution is -2.48. The second kappa shape index (κ2) is 4.14. The molecule has 1 N–H and O–H groups in total. The SMILES string of the molecule is CCOC(=O)[C@]1(S)CCCNC1. The zero-order valence-corrected chi connectivity index (χ0v) is 8.19. The summed E-state index contributed by atoms with van der Waals surface area (Å²) in [5, 5.41) is 3.14. The van der Waals surface area contributed by atoms with Crippen LogP contribution in [0, 0.1) is 0 Å². The highest BCUT2D eigenvalue weighted by atomic mass is 32.1. The molecule has 1 aliphatic rings. The van der Waals surface area contributed by atoms with Crippen LogP contribution in [0.25, 0.3) is 0 Å². The van der Waals surface area contributed by atoms with Crippen molar-refractivity contribution in [2.75, 3.05) is 19.7 Å². The van der Waals surface area contributed by atoms with E-state index in [1.807, 2.05) is 6.92 Å². The molecule has 3 nitrogen and oxygen atoms in total. The Labute approximate surface area is 78.3 Å². The Hall–Kier alpha value is -0.220. The molecule has 4 heteroatoms. The summed E-state index contributed by atoms with van der Waals surface area (Å²) in [5.41, 5.74) is 0. The maximum atomic E-state index is 11.4. The summed E-state index contributed by atoms with van der Waals surface area (Å²) in [6.07, 6.45) is 1.80. The standard InChI is InChI=1S/C8H15NO2S/c1-2-11-7(10)8(12)4-3-5-9-6-8/h9,12H,2-6H2,1H3/t8-/m0/s1. The Bertz CT molecular complexity index is 166. The van der Waals surface area contributed by atoms with Gasteiger partial charge in [-0.3, -0.25) is 4.79 Å². The molecule has 0 unspecified atom stereocenters. The molecule has 70 valence electrons. The van der Waals surface area contributed by atoms with Gasteiger partial charge >= 0.3 is 5.97 Å². The summed E-state index contributed by atoms with van der Waals surface area (Å²) in [4.78, 5) is 11.4. The predicted molar refractivity (Wildman–Crippen MR) is 50.5 cm³/mol. The number of piperidine rings is 1. The molecule has 1 atom stereocenters. The number of thiol groups is 1. The second-order valence-corrected chi connectivity index (χ2v) is 3.89. The van der Waals surface area contributed by atoms with E-state index in [1.54, 1.807) is 0 Å². The molecule has 1 fully saturated rings. The summed E-state index contributed by atoms with van der Waals surface area (Å²) in [7, 11) is 0. The van der Waals surface area contributed by atoms with Gasteiger partial charge in [0.05, 0.1) is 6.61 Å². The first-order valence-corrected chi connectivity index (χ1v) is 4.74. The van der Waals surface area contributed by atoms with Gasteiger partial charge in [0.1, 0.15) is 4.75 Å². The highest BCUT2D eigenvalue weighted by Crippen LogP contribution is 2.24. The molecule has 0 amide bonds. The van der Waals surface area contributed by atoms with Crippen LogP contribution in [0.15, 0.2) is 0 Å². The molecule has 1 saturated heterocycles. The van der Waals surface area contributed by atoms with Crippen LogP contribution in [-0.2, 0) is 9.53 Å². The first kappa shape index (κ1) is 9.86. The van der Waals surface area contributed by atoms with Gasteiger partial charge in [0.25, 0.3) is 0 Å². The van der Waals surface area contributed by atoms with E-state index in [-0.39, 0.29) is 5.97 Å². The molecule has 0 aromatic carbocycles. The van der Waals surface area contributed by atoms with Gasteiger partial charge in [-0.2, -0.15) is 12.6 Å². The Morgan fingerprint density at radius 2 is 2.50 bits per heavy atom. The van der Waals surface area contributed by atoms with E-state index >= 15 is 0 Å². The number of carbonyl (C=O) groups is 1. The minimum absolute atomic E-state index is 0.194. The fourth-order valence-corrected chi connectivity index (χ4v) is 1.66. The predicted octanol–water partition coefficient (Wildman–Crippen LogP) is 0.601. The molecule has 0 aliphatic carbocycles. The van der Waals surface area contributed by atoms with Crippen LogP contribution in [0.2, 0.25) is 0 Å². The van der Waals surface area contributed by atoms with Crippen molar-refractivity contribution in [2.45, 2.75) is 24.5 Å². The van der Waals surface area contributed by atoms with Gasteiger partial charge in [-0.1, -0.05) is 0 Å². The molecule has 0 aromatic rings. The summed E-state index contributed by atoms with van der Waals surface area (Å²) in [6.45, 7) is 3.84. The van der Waals surface area contributed by atoms with Crippen LogP contribution in [0.3, 0.4) is 0 Å². The van der Waals surface area contributed by atoms with Gasteiger partial charge in [-0.15, -0.1) is 0 Å². The van der Waals surface area contributed by atoms with Crippen LogP contribution in [-0.4, -0.2) is 30.4 Å². The fraction of sp³-hybridized carbons (Fsp3) is 0.875. The molecular weight excluding hydrogens is 174 g/mol. The van der Waals surface area contributed by atoms with Crippen molar-refractivity contribution >= 4 is 18.6 Å². The third-order valence-corrected chi connectivity index (χ3v) is 2.58. The average molecular weight is 189 g/mol. The minimum Gasteiger partial charge on any atom is -0.465 e. The number of esters is 1. The van der Waals surface area contributed by atoms with E-state index in [0.717, 1.165) is 19.4 Å². The Morgan fingerprint density at radius 1 is 1.75 bits per heavy atom. The maximum Gasteiger partial charge on any atom is 0.323 e. The Kier molecular flexibility index (Phi) is 3.40. The van der Waals surface area contributed by atoms with Gasteiger partial charge in [0.2, 0.25) is 0 Å². The molecule has 1 heterocycles. The van der Waals surface area contributed by atoms with Crippen LogP contribution in [0.4, 0.5) is 0 Å². The third kappa shape index (κ3) is 2.14. The Morgan fingerprint density at radius 3 is 3.00 bits per heavy atom. The van der Waals surface area contributed by atoms with Gasteiger partial charge in [-0.25, -0.2) is 0 Å². The molecule has 0 spiro atoms. The van der Waals surface area contributed by atoms with E-state index < -0.39 is 4.75 Å². The van der Waals surface area contributed by atoms with Gasteiger partial charge in [-0.05, 0) is 26.3 Å². The van der Waals surface area contributed by atoms with E-state index in [9.17, 15) is 4.79 Å². The largest absolute Gasteiger partial charge is 0.465 e. The third-order valence-electron chi connectivity index (χ3n) is 2.02. The van der Waals surface area contributed by atoms with Crippen LogP contribution in [0.5, 0.6) is 0 Å². The van der Waals surface area contributed by atoms with Gasteiger partial charge in [0, 0.05) is 6.54 Å².